The van der Waals surface area contributed by atoms with E-state index in [4.69, 9.17) is 5.26 Å². The number of thiophene rings is 1. The van der Waals surface area contributed by atoms with Crippen LogP contribution in [0.2, 0.25) is 0 Å². The third-order valence-corrected chi connectivity index (χ3v) is 4.39. The second-order valence-corrected chi connectivity index (χ2v) is 6.17. The summed E-state index contributed by atoms with van der Waals surface area (Å²) in [5.41, 5.74) is 0.510. The van der Waals surface area contributed by atoms with Crippen molar-refractivity contribution < 1.29 is 4.79 Å². The molecule has 3 nitrogen and oxygen atoms in total. The summed E-state index contributed by atoms with van der Waals surface area (Å²) in [6.45, 7) is 1.85. The van der Waals surface area contributed by atoms with Crippen molar-refractivity contribution in [3.63, 3.8) is 0 Å². The van der Waals surface area contributed by atoms with Gasteiger partial charge in [-0.15, -0.1) is 23.1 Å². The standard InChI is InChI=1S/C14H12N2OS2/c1-10(19-12-5-3-2-4-6-12)13(17)16-14-11(9-15)7-8-18-14/h2-8,10H,1H3,(H,16,17)/t10-/m0/s1. The van der Waals surface area contributed by atoms with E-state index in [9.17, 15) is 4.79 Å². The first kappa shape index (κ1) is 13.7. The number of nitrogens with one attached hydrogen (secondary N) is 1. The van der Waals surface area contributed by atoms with Crippen LogP contribution >= 0.6 is 23.1 Å². The van der Waals surface area contributed by atoms with E-state index in [0.29, 0.717) is 10.6 Å². The van der Waals surface area contributed by atoms with Gasteiger partial charge in [0, 0.05) is 4.90 Å². The molecule has 2 aromatic rings. The molecule has 0 unspecified atom stereocenters. The maximum atomic E-state index is 12.0. The molecule has 1 aromatic carbocycles. The van der Waals surface area contributed by atoms with Crippen LogP contribution in [0.5, 0.6) is 0 Å². The first-order valence-corrected chi connectivity index (χ1v) is 7.47. The zero-order valence-electron chi connectivity index (χ0n) is 10.3. The molecule has 0 aliphatic heterocycles. The van der Waals surface area contributed by atoms with Crippen LogP contribution in [-0.4, -0.2) is 11.2 Å². The lowest BCUT2D eigenvalue weighted by molar-refractivity contribution is -0.115. The molecule has 0 fully saturated rings. The smallest absolute Gasteiger partial charge is 0.238 e. The van der Waals surface area contributed by atoms with Crippen molar-refractivity contribution in [2.75, 3.05) is 5.32 Å². The third-order valence-electron chi connectivity index (χ3n) is 2.45. The fourth-order valence-corrected chi connectivity index (χ4v) is 3.09. The van der Waals surface area contributed by atoms with Crippen LogP contribution in [0.4, 0.5) is 5.00 Å². The van der Waals surface area contributed by atoms with Gasteiger partial charge in [-0.3, -0.25) is 4.79 Å². The number of carbonyl (C=O) groups excluding carboxylic acids is 1. The molecule has 0 saturated carbocycles. The zero-order valence-corrected chi connectivity index (χ0v) is 11.9. The van der Waals surface area contributed by atoms with Gasteiger partial charge in [-0.1, -0.05) is 18.2 Å². The van der Waals surface area contributed by atoms with Crippen LogP contribution in [-0.2, 0) is 4.79 Å². The first-order chi connectivity index (χ1) is 9.20. The molecule has 1 aromatic heterocycles. The molecule has 19 heavy (non-hydrogen) atoms. The Hall–Kier alpha value is -1.77. The topological polar surface area (TPSA) is 52.9 Å². The Labute approximate surface area is 120 Å². The molecule has 0 bridgehead atoms. The number of carbonyl (C=O) groups is 1. The number of rotatable bonds is 4. The van der Waals surface area contributed by atoms with E-state index in [1.807, 2.05) is 37.3 Å². The predicted molar refractivity (Wildman–Crippen MR) is 79.4 cm³/mol. The summed E-state index contributed by atoms with van der Waals surface area (Å²) >= 11 is 2.86. The molecule has 0 aliphatic carbocycles. The molecule has 5 heteroatoms. The Kier molecular flexibility index (Phi) is 4.61. The zero-order chi connectivity index (χ0) is 13.7. The van der Waals surface area contributed by atoms with Crippen LogP contribution in [0, 0.1) is 11.3 Å². The van der Waals surface area contributed by atoms with Crippen molar-refractivity contribution in [3.05, 3.63) is 47.3 Å². The maximum absolute atomic E-state index is 12.0. The quantitative estimate of drug-likeness (QED) is 0.872. The van der Waals surface area contributed by atoms with Gasteiger partial charge >= 0.3 is 0 Å². The minimum Gasteiger partial charge on any atom is -0.316 e. The van der Waals surface area contributed by atoms with E-state index in [1.54, 1.807) is 11.4 Å². The minimum absolute atomic E-state index is 0.0900. The van der Waals surface area contributed by atoms with Crippen LogP contribution < -0.4 is 5.32 Å². The minimum atomic E-state index is -0.212. The van der Waals surface area contributed by atoms with Crippen LogP contribution in [0.3, 0.4) is 0 Å². The molecular formula is C14H12N2OS2. The van der Waals surface area contributed by atoms with Crippen molar-refractivity contribution in [3.8, 4) is 6.07 Å². The van der Waals surface area contributed by atoms with Gasteiger partial charge in [0.2, 0.25) is 5.91 Å². The van der Waals surface area contributed by atoms with E-state index in [2.05, 4.69) is 11.4 Å². The molecule has 0 aliphatic rings. The van der Waals surface area contributed by atoms with E-state index in [1.165, 1.54) is 23.1 Å². The summed E-state index contributed by atoms with van der Waals surface area (Å²) in [5, 5.41) is 13.9. The summed E-state index contributed by atoms with van der Waals surface area (Å²) < 4.78 is 0. The number of hydrogen-bond donors (Lipinski definition) is 1. The van der Waals surface area contributed by atoms with Crippen LogP contribution in [0.1, 0.15) is 12.5 Å². The van der Waals surface area contributed by atoms with Crippen molar-refractivity contribution in [2.24, 2.45) is 0 Å². The molecule has 1 N–H and O–H groups in total. The monoisotopic (exact) mass is 288 g/mol. The number of nitriles is 1. The van der Waals surface area contributed by atoms with E-state index in [0.717, 1.165) is 4.90 Å². The summed E-state index contributed by atoms with van der Waals surface area (Å²) in [6, 6.07) is 13.5. The molecule has 1 heterocycles. The number of amides is 1. The summed E-state index contributed by atoms with van der Waals surface area (Å²) in [6.07, 6.45) is 0. The molecule has 96 valence electrons. The molecule has 0 saturated heterocycles. The van der Waals surface area contributed by atoms with Gasteiger partial charge in [-0.05, 0) is 30.5 Å². The van der Waals surface area contributed by atoms with E-state index < -0.39 is 0 Å². The highest BCUT2D eigenvalue weighted by atomic mass is 32.2. The van der Waals surface area contributed by atoms with Crippen molar-refractivity contribution in [2.45, 2.75) is 17.1 Å². The lowest BCUT2D eigenvalue weighted by Crippen LogP contribution is -2.22. The van der Waals surface area contributed by atoms with E-state index in [-0.39, 0.29) is 11.2 Å². The molecule has 0 spiro atoms. The van der Waals surface area contributed by atoms with Gasteiger partial charge in [0.15, 0.2) is 0 Å². The van der Waals surface area contributed by atoms with Crippen LogP contribution in [0.25, 0.3) is 0 Å². The Morgan fingerprint density at radius 2 is 2.11 bits per heavy atom. The highest BCUT2D eigenvalue weighted by Gasteiger charge is 2.16. The molecule has 0 radical (unpaired) electrons. The first-order valence-electron chi connectivity index (χ1n) is 5.71. The normalized spacial score (nSPS) is 11.6. The maximum Gasteiger partial charge on any atom is 0.238 e. The highest BCUT2D eigenvalue weighted by Crippen LogP contribution is 2.26. The Morgan fingerprint density at radius 1 is 1.37 bits per heavy atom. The summed E-state index contributed by atoms with van der Waals surface area (Å²) in [7, 11) is 0. The van der Waals surface area contributed by atoms with Gasteiger partial charge in [0.05, 0.1) is 10.8 Å². The molecular weight excluding hydrogens is 276 g/mol. The van der Waals surface area contributed by atoms with Crippen LogP contribution in [0.15, 0.2) is 46.7 Å². The van der Waals surface area contributed by atoms with E-state index >= 15 is 0 Å². The lowest BCUT2D eigenvalue weighted by Gasteiger charge is -2.11. The fourth-order valence-electron chi connectivity index (χ4n) is 1.46. The highest BCUT2D eigenvalue weighted by molar-refractivity contribution is 8.00. The number of benzene rings is 1. The molecule has 1 amide bonds. The van der Waals surface area contributed by atoms with Gasteiger partial charge in [0.1, 0.15) is 11.1 Å². The SMILES string of the molecule is C[C@H](Sc1ccccc1)C(=O)Nc1sccc1C#N. The largest absolute Gasteiger partial charge is 0.316 e. The Bertz CT molecular complexity index is 601. The second-order valence-electron chi connectivity index (χ2n) is 3.84. The summed E-state index contributed by atoms with van der Waals surface area (Å²) in [4.78, 5) is 13.1. The van der Waals surface area contributed by atoms with Crippen molar-refractivity contribution >= 4 is 34.0 Å². The Morgan fingerprint density at radius 3 is 2.79 bits per heavy atom. The molecule has 2 rings (SSSR count). The van der Waals surface area contributed by atoms with Gasteiger partial charge < -0.3 is 5.32 Å². The number of thioether (sulfide) groups is 1. The van der Waals surface area contributed by atoms with Gasteiger partial charge in [0.25, 0.3) is 0 Å². The fraction of sp³-hybridized carbons (Fsp3) is 0.143. The van der Waals surface area contributed by atoms with Crippen molar-refractivity contribution in [1.82, 2.24) is 0 Å². The number of nitrogens with zero attached hydrogens (tertiary/aromatic N) is 1. The van der Waals surface area contributed by atoms with Gasteiger partial charge in [-0.2, -0.15) is 5.26 Å². The Balaban J connectivity index is 1.99. The van der Waals surface area contributed by atoms with Gasteiger partial charge in [-0.25, -0.2) is 0 Å². The average Bonchev–Trinajstić information content (AvgIpc) is 2.87. The third kappa shape index (κ3) is 3.60. The predicted octanol–water partition coefficient (Wildman–Crippen LogP) is 3.74. The average molecular weight is 288 g/mol. The number of hydrogen-bond acceptors (Lipinski definition) is 4. The summed E-state index contributed by atoms with van der Waals surface area (Å²) in [5.74, 6) is -0.0900. The van der Waals surface area contributed by atoms with Crippen molar-refractivity contribution in [1.29, 1.82) is 5.26 Å². The lowest BCUT2D eigenvalue weighted by atomic mass is 10.3. The molecule has 1 atom stereocenters. The number of anilines is 1. The second kappa shape index (κ2) is 6.41.